The number of esters is 1. The Morgan fingerprint density at radius 3 is 2.44 bits per heavy atom. The van der Waals surface area contributed by atoms with E-state index in [0.29, 0.717) is 17.1 Å². The average molecular weight is 242 g/mol. The van der Waals surface area contributed by atoms with E-state index in [1.807, 2.05) is 0 Å². The minimum Gasteiger partial charge on any atom is -0.467 e. The van der Waals surface area contributed by atoms with E-state index < -0.39 is 12.0 Å². The number of carbonyl (C=O) groups is 2. The van der Waals surface area contributed by atoms with Crippen LogP contribution in [0.2, 0.25) is 5.02 Å². The van der Waals surface area contributed by atoms with E-state index in [1.54, 1.807) is 31.2 Å². The van der Waals surface area contributed by atoms with E-state index in [9.17, 15) is 9.59 Å². The maximum atomic E-state index is 11.3. The van der Waals surface area contributed by atoms with E-state index >= 15 is 0 Å². The lowest BCUT2D eigenvalue weighted by atomic mass is 10.2. The van der Waals surface area contributed by atoms with Crippen LogP contribution in [0.15, 0.2) is 24.3 Å². The molecule has 0 aromatic heterocycles. The fourth-order valence-corrected chi connectivity index (χ4v) is 1.40. The van der Waals surface area contributed by atoms with Gasteiger partial charge in [0.1, 0.15) is 6.04 Å². The fourth-order valence-electron chi connectivity index (χ4n) is 1.27. The normalized spacial score (nSPS) is 11.7. The zero-order chi connectivity index (χ0) is 12.1. The third-order valence-electron chi connectivity index (χ3n) is 2.20. The van der Waals surface area contributed by atoms with Crippen molar-refractivity contribution in [3.8, 4) is 0 Å². The van der Waals surface area contributed by atoms with Crippen molar-refractivity contribution in [3.05, 3.63) is 29.3 Å². The number of carbonyl (C=O) groups excluding carboxylic acids is 2. The summed E-state index contributed by atoms with van der Waals surface area (Å²) in [5.74, 6) is -0.470. The van der Waals surface area contributed by atoms with Gasteiger partial charge in [0.2, 0.25) is 6.41 Å². The Balaban J connectivity index is 2.94. The highest BCUT2D eigenvalue weighted by atomic mass is 35.5. The molecule has 0 saturated carbocycles. The molecule has 0 saturated heterocycles. The van der Waals surface area contributed by atoms with Crippen LogP contribution in [-0.4, -0.2) is 25.5 Å². The van der Waals surface area contributed by atoms with Crippen molar-refractivity contribution in [3.63, 3.8) is 0 Å². The van der Waals surface area contributed by atoms with Gasteiger partial charge in [-0.25, -0.2) is 4.79 Å². The van der Waals surface area contributed by atoms with Gasteiger partial charge in [-0.1, -0.05) is 11.6 Å². The van der Waals surface area contributed by atoms with Crippen LogP contribution in [0.1, 0.15) is 6.92 Å². The number of benzene rings is 1. The van der Waals surface area contributed by atoms with Gasteiger partial charge in [0.25, 0.3) is 0 Å². The number of ether oxygens (including phenoxy) is 1. The van der Waals surface area contributed by atoms with Crippen LogP contribution < -0.4 is 4.90 Å². The Hall–Kier alpha value is -1.55. The molecule has 1 atom stereocenters. The van der Waals surface area contributed by atoms with E-state index in [1.165, 1.54) is 12.0 Å². The van der Waals surface area contributed by atoms with Crippen molar-refractivity contribution in [1.82, 2.24) is 0 Å². The molecule has 0 aliphatic carbocycles. The summed E-state index contributed by atoms with van der Waals surface area (Å²) in [4.78, 5) is 23.5. The molecule has 0 N–H and O–H groups in total. The van der Waals surface area contributed by atoms with Crippen LogP contribution >= 0.6 is 11.6 Å². The topological polar surface area (TPSA) is 46.6 Å². The van der Waals surface area contributed by atoms with Gasteiger partial charge in [-0.2, -0.15) is 0 Å². The van der Waals surface area contributed by atoms with Crippen LogP contribution in [0.3, 0.4) is 0 Å². The van der Waals surface area contributed by atoms with Crippen LogP contribution in [0.25, 0.3) is 0 Å². The Bertz CT molecular complexity index is 377. The maximum absolute atomic E-state index is 11.3. The number of anilines is 1. The highest BCUT2D eigenvalue weighted by Crippen LogP contribution is 2.19. The van der Waals surface area contributed by atoms with Crippen molar-refractivity contribution < 1.29 is 14.3 Å². The largest absolute Gasteiger partial charge is 0.467 e. The summed E-state index contributed by atoms with van der Waals surface area (Å²) in [7, 11) is 1.28. The van der Waals surface area contributed by atoms with Crippen molar-refractivity contribution >= 4 is 29.7 Å². The average Bonchev–Trinajstić information content (AvgIpc) is 2.31. The van der Waals surface area contributed by atoms with E-state index in [0.717, 1.165) is 0 Å². The molecule has 0 fully saturated rings. The molecular weight excluding hydrogens is 230 g/mol. The number of rotatable bonds is 4. The van der Waals surface area contributed by atoms with Crippen molar-refractivity contribution in [1.29, 1.82) is 0 Å². The molecule has 0 bridgehead atoms. The smallest absolute Gasteiger partial charge is 0.328 e. The molecule has 1 rings (SSSR count). The van der Waals surface area contributed by atoms with Gasteiger partial charge in [0, 0.05) is 10.7 Å². The lowest BCUT2D eigenvalue weighted by Gasteiger charge is -2.22. The minimum absolute atomic E-state index is 0.470. The highest BCUT2D eigenvalue weighted by molar-refractivity contribution is 6.30. The molecule has 0 aliphatic rings. The maximum Gasteiger partial charge on any atom is 0.328 e. The third-order valence-corrected chi connectivity index (χ3v) is 2.45. The predicted octanol–water partition coefficient (Wildman–Crippen LogP) is 1.86. The number of halogens is 1. The fraction of sp³-hybridized carbons (Fsp3) is 0.273. The first-order valence-corrected chi connectivity index (χ1v) is 5.05. The van der Waals surface area contributed by atoms with Crippen molar-refractivity contribution in [2.45, 2.75) is 13.0 Å². The Morgan fingerprint density at radius 2 is 2.00 bits per heavy atom. The molecule has 1 aromatic carbocycles. The first-order chi connectivity index (χ1) is 7.60. The van der Waals surface area contributed by atoms with Crippen LogP contribution in [0.4, 0.5) is 5.69 Å². The molecule has 86 valence electrons. The van der Waals surface area contributed by atoms with Gasteiger partial charge in [-0.05, 0) is 31.2 Å². The zero-order valence-electron chi connectivity index (χ0n) is 9.01. The van der Waals surface area contributed by atoms with Crippen LogP contribution in [0.5, 0.6) is 0 Å². The second kappa shape index (κ2) is 5.51. The lowest BCUT2D eigenvalue weighted by Crippen LogP contribution is -2.38. The first kappa shape index (κ1) is 12.5. The van der Waals surface area contributed by atoms with E-state index in [2.05, 4.69) is 4.74 Å². The standard InChI is InChI=1S/C11H12ClNO3/c1-8(11(15)16-2)13(7-14)10-5-3-9(12)4-6-10/h3-8H,1-2H3/t8-/m0/s1. The van der Waals surface area contributed by atoms with Crippen LogP contribution in [0, 0.1) is 0 Å². The van der Waals surface area contributed by atoms with Gasteiger partial charge in [0.05, 0.1) is 7.11 Å². The molecule has 0 radical (unpaired) electrons. The molecule has 5 heteroatoms. The SMILES string of the molecule is COC(=O)[C@H](C)N(C=O)c1ccc(Cl)cc1. The monoisotopic (exact) mass is 241 g/mol. The number of hydrogen-bond donors (Lipinski definition) is 0. The van der Waals surface area contributed by atoms with Gasteiger partial charge in [-0.15, -0.1) is 0 Å². The molecule has 0 heterocycles. The molecule has 0 spiro atoms. The summed E-state index contributed by atoms with van der Waals surface area (Å²) in [5, 5.41) is 0.570. The second-order valence-electron chi connectivity index (χ2n) is 3.19. The molecule has 1 aromatic rings. The summed E-state index contributed by atoms with van der Waals surface area (Å²) in [6.07, 6.45) is 0.588. The number of hydrogen-bond acceptors (Lipinski definition) is 3. The Kier molecular flexibility index (Phi) is 4.31. The van der Waals surface area contributed by atoms with Crippen molar-refractivity contribution in [2.24, 2.45) is 0 Å². The van der Waals surface area contributed by atoms with Crippen LogP contribution in [-0.2, 0) is 14.3 Å². The first-order valence-electron chi connectivity index (χ1n) is 4.67. The summed E-state index contributed by atoms with van der Waals surface area (Å²) in [6.45, 7) is 1.59. The highest BCUT2D eigenvalue weighted by Gasteiger charge is 2.21. The molecule has 1 amide bonds. The van der Waals surface area contributed by atoms with Gasteiger partial charge < -0.3 is 9.64 Å². The quantitative estimate of drug-likeness (QED) is 0.597. The van der Waals surface area contributed by atoms with Gasteiger partial charge >= 0.3 is 5.97 Å². The molecular formula is C11H12ClNO3. The summed E-state index contributed by atoms with van der Waals surface area (Å²) >= 11 is 5.73. The Labute approximate surface area is 98.8 Å². The second-order valence-corrected chi connectivity index (χ2v) is 3.62. The molecule has 16 heavy (non-hydrogen) atoms. The summed E-state index contributed by atoms with van der Waals surface area (Å²) in [6, 6.07) is 5.96. The molecule has 0 unspecified atom stereocenters. The predicted molar refractivity (Wildman–Crippen MR) is 61.5 cm³/mol. The Morgan fingerprint density at radius 1 is 1.44 bits per heavy atom. The third kappa shape index (κ3) is 2.73. The lowest BCUT2D eigenvalue weighted by molar-refractivity contribution is -0.142. The van der Waals surface area contributed by atoms with Gasteiger partial charge in [-0.3, -0.25) is 4.79 Å². The van der Waals surface area contributed by atoms with Gasteiger partial charge in [0.15, 0.2) is 0 Å². The summed E-state index contributed by atoms with van der Waals surface area (Å²) < 4.78 is 4.57. The molecule has 4 nitrogen and oxygen atoms in total. The number of methoxy groups -OCH3 is 1. The zero-order valence-corrected chi connectivity index (χ0v) is 9.77. The molecule has 0 aliphatic heterocycles. The number of amides is 1. The summed E-state index contributed by atoms with van der Waals surface area (Å²) in [5.41, 5.74) is 0.595. The van der Waals surface area contributed by atoms with E-state index in [4.69, 9.17) is 11.6 Å². The van der Waals surface area contributed by atoms with E-state index in [-0.39, 0.29) is 0 Å². The van der Waals surface area contributed by atoms with Crippen molar-refractivity contribution in [2.75, 3.05) is 12.0 Å². The minimum atomic E-state index is -0.663. The number of nitrogens with zero attached hydrogens (tertiary/aromatic N) is 1.